The van der Waals surface area contributed by atoms with Crippen molar-refractivity contribution < 1.29 is 13.6 Å². The van der Waals surface area contributed by atoms with E-state index in [-0.39, 0.29) is 41.1 Å². The van der Waals surface area contributed by atoms with Crippen LogP contribution in [0.1, 0.15) is 48.3 Å². The van der Waals surface area contributed by atoms with Gasteiger partial charge in [-0.15, -0.1) is 12.4 Å². The predicted octanol–water partition coefficient (Wildman–Crippen LogP) is 3.62. The molecular weight excluding hydrogens is 324 g/mol. The third-order valence-electron chi connectivity index (χ3n) is 4.58. The number of carbonyl (C=O) groups excluding carboxylic acids is 1. The van der Waals surface area contributed by atoms with Crippen molar-refractivity contribution in [2.75, 3.05) is 0 Å². The van der Waals surface area contributed by atoms with E-state index in [4.69, 9.17) is 0 Å². The van der Waals surface area contributed by atoms with Gasteiger partial charge >= 0.3 is 0 Å². The van der Waals surface area contributed by atoms with Crippen LogP contribution in [0.2, 0.25) is 0 Å². The zero-order chi connectivity index (χ0) is 15.3. The molecule has 0 bridgehead atoms. The van der Waals surface area contributed by atoms with Gasteiger partial charge in [-0.25, -0.2) is 18.7 Å². The Morgan fingerprint density at radius 2 is 1.61 bits per heavy atom. The maximum Gasteiger partial charge on any atom is 0.275 e. The number of fused-ring (bicyclic) bond motifs is 2. The van der Waals surface area contributed by atoms with Crippen molar-refractivity contribution in [1.29, 1.82) is 0 Å². The summed E-state index contributed by atoms with van der Waals surface area (Å²) in [4.78, 5) is 22.9. The van der Waals surface area contributed by atoms with E-state index in [1.165, 1.54) is 6.42 Å². The van der Waals surface area contributed by atoms with Crippen molar-refractivity contribution in [3.63, 3.8) is 0 Å². The van der Waals surface area contributed by atoms with Crippen molar-refractivity contribution in [1.82, 2.24) is 14.9 Å². The second-order valence-corrected chi connectivity index (χ2v) is 6.00. The standard InChI is InChI=1S/C16H15F2N3O.ClH/c17-10-6-12-13(7-11(10)18)20-15-14(19-12)8-21(16(15)22)9-4-2-1-3-5-9;/h6-7,9H,1-5,8H2;1H. The summed E-state index contributed by atoms with van der Waals surface area (Å²) in [6.45, 7) is 0.417. The van der Waals surface area contributed by atoms with Crippen LogP contribution in [0.25, 0.3) is 11.0 Å². The first-order valence-electron chi connectivity index (χ1n) is 7.60. The van der Waals surface area contributed by atoms with Gasteiger partial charge in [0.25, 0.3) is 5.91 Å². The maximum atomic E-state index is 13.3. The zero-order valence-corrected chi connectivity index (χ0v) is 13.2. The monoisotopic (exact) mass is 339 g/mol. The van der Waals surface area contributed by atoms with Crippen LogP contribution < -0.4 is 0 Å². The van der Waals surface area contributed by atoms with Crippen LogP contribution in [0.3, 0.4) is 0 Å². The molecule has 2 aliphatic rings. The van der Waals surface area contributed by atoms with Gasteiger partial charge in [-0.05, 0) is 12.8 Å². The molecule has 0 N–H and O–H groups in total. The molecule has 0 unspecified atom stereocenters. The number of hydrogen-bond acceptors (Lipinski definition) is 3. The van der Waals surface area contributed by atoms with Crippen molar-refractivity contribution >= 4 is 29.3 Å². The van der Waals surface area contributed by atoms with E-state index in [0.717, 1.165) is 37.8 Å². The minimum Gasteiger partial charge on any atom is -0.328 e. The maximum absolute atomic E-state index is 13.3. The number of aromatic nitrogens is 2. The molecule has 4 nitrogen and oxygen atoms in total. The van der Waals surface area contributed by atoms with Gasteiger partial charge in [0, 0.05) is 18.2 Å². The van der Waals surface area contributed by atoms with Crippen LogP contribution in [-0.4, -0.2) is 26.8 Å². The van der Waals surface area contributed by atoms with E-state index >= 15 is 0 Å². The minimum absolute atomic E-state index is 0. The van der Waals surface area contributed by atoms with Gasteiger partial charge in [0.2, 0.25) is 0 Å². The highest BCUT2D eigenvalue weighted by molar-refractivity contribution is 5.97. The molecule has 122 valence electrons. The predicted molar refractivity (Wildman–Crippen MR) is 83.4 cm³/mol. The summed E-state index contributed by atoms with van der Waals surface area (Å²) in [5, 5.41) is 0. The van der Waals surface area contributed by atoms with E-state index in [0.29, 0.717) is 12.2 Å². The van der Waals surface area contributed by atoms with E-state index < -0.39 is 11.6 Å². The van der Waals surface area contributed by atoms with Crippen LogP contribution in [0.15, 0.2) is 12.1 Å². The number of halogens is 3. The lowest BCUT2D eigenvalue weighted by molar-refractivity contribution is 0.0655. The number of rotatable bonds is 1. The summed E-state index contributed by atoms with van der Waals surface area (Å²) < 4.78 is 26.7. The summed E-state index contributed by atoms with van der Waals surface area (Å²) >= 11 is 0. The number of amides is 1. The van der Waals surface area contributed by atoms with E-state index in [1.807, 2.05) is 4.90 Å². The van der Waals surface area contributed by atoms with E-state index in [9.17, 15) is 13.6 Å². The van der Waals surface area contributed by atoms with E-state index in [2.05, 4.69) is 9.97 Å². The van der Waals surface area contributed by atoms with Gasteiger partial charge in [-0.3, -0.25) is 4.79 Å². The Kier molecular flexibility index (Phi) is 4.19. The molecule has 7 heteroatoms. The van der Waals surface area contributed by atoms with Gasteiger partial charge in [0.15, 0.2) is 17.3 Å². The van der Waals surface area contributed by atoms with Crippen molar-refractivity contribution in [2.24, 2.45) is 0 Å². The highest BCUT2D eigenvalue weighted by atomic mass is 35.5. The Labute approximate surface area is 138 Å². The largest absolute Gasteiger partial charge is 0.328 e. The molecule has 1 aliphatic heterocycles. The van der Waals surface area contributed by atoms with Crippen LogP contribution in [0.4, 0.5) is 8.78 Å². The Morgan fingerprint density at radius 1 is 1.00 bits per heavy atom. The van der Waals surface area contributed by atoms with E-state index in [1.54, 1.807) is 0 Å². The molecule has 0 saturated heterocycles. The highest BCUT2D eigenvalue weighted by Crippen LogP contribution is 2.30. The molecule has 1 saturated carbocycles. The van der Waals surface area contributed by atoms with Gasteiger partial charge < -0.3 is 4.90 Å². The molecule has 0 atom stereocenters. The summed E-state index contributed by atoms with van der Waals surface area (Å²) in [6, 6.07) is 2.26. The Balaban J connectivity index is 0.00000156. The lowest BCUT2D eigenvalue weighted by atomic mass is 9.94. The summed E-state index contributed by atoms with van der Waals surface area (Å²) in [5.74, 6) is -2.06. The Morgan fingerprint density at radius 3 is 2.26 bits per heavy atom. The molecular formula is C16H16ClF2N3O. The second-order valence-electron chi connectivity index (χ2n) is 6.00. The van der Waals surface area contributed by atoms with Crippen molar-refractivity contribution in [3.05, 3.63) is 35.2 Å². The molecule has 1 aromatic carbocycles. The first-order valence-corrected chi connectivity index (χ1v) is 7.60. The molecule has 4 rings (SSSR count). The second kappa shape index (κ2) is 6.00. The molecule has 2 heterocycles. The van der Waals surface area contributed by atoms with Crippen LogP contribution in [0.5, 0.6) is 0 Å². The Hall–Kier alpha value is -1.82. The van der Waals surface area contributed by atoms with Gasteiger partial charge in [-0.2, -0.15) is 0 Å². The molecule has 1 fully saturated rings. The third kappa shape index (κ3) is 2.65. The summed E-state index contributed by atoms with van der Waals surface area (Å²) in [6.07, 6.45) is 5.48. The molecule has 2 aromatic rings. The average Bonchev–Trinajstić information content (AvgIpc) is 2.84. The summed E-state index contributed by atoms with van der Waals surface area (Å²) in [5.41, 5.74) is 1.35. The van der Waals surface area contributed by atoms with Gasteiger partial charge in [0.1, 0.15) is 0 Å². The SMILES string of the molecule is Cl.O=C1c2nc3cc(F)c(F)cc3nc2CN1C1CCCCC1. The van der Waals surface area contributed by atoms with Crippen LogP contribution >= 0.6 is 12.4 Å². The molecule has 1 aromatic heterocycles. The fourth-order valence-electron chi connectivity index (χ4n) is 3.43. The fraction of sp³-hybridized carbons (Fsp3) is 0.438. The van der Waals surface area contributed by atoms with Crippen LogP contribution in [0, 0.1) is 11.6 Å². The van der Waals surface area contributed by atoms with Crippen LogP contribution in [-0.2, 0) is 6.54 Å². The zero-order valence-electron chi connectivity index (χ0n) is 12.4. The molecule has 0 radical (unpaired) electrons. The first kappa shape index (κ1) is 16.1. The quantitative estimate of drug-likeness (QED) is 0.797. The molecule has 1 aliphatic carbocycles. The highest BCUT2D eigenvalue weighted by Gasteiger charge is 2.35. The normalized spacial score (nSPS) is 18.2. The average molecular weight is 340 g/mol. The third-order valence-corrected chi connectivity index (χ3v) is 4.58. The Bertz CT molecular complexity index is 777. The number of nitrogens with zero attached hydrogens (tertiary/aromatic N) is 3. The van der Waals surface area contributed by atoms with Gasteiger partial charge in [-0.1, -0.05) is 19.3 Å². The number of carbonyl (C=O) groups is 1. The smallest absolute Gasteiger partial charge is 0.275 e. The lowest BCUT2D eigenvalue weighted by Crippen LogP contribution is -2.37. The van der Waals surface area contributed by atoms with Crippen molar-refractivity contribution in [3.8, 4) is 0 Å². The minimum atomic E-state index is -0.976. The summed E-state index contributed by atoms with van der Waals surface area (Å²) in [7, 11) is 0. The lowest BCUT2D eigenvalue weighted by Gasteiger charge is -2.30. The number of benzene rings is 1. The molecule has 0 spiro atoms. The topological polar surface area (TPSA) is 46.1 Å². The fourth-order valence-corrected chi connectivity index (χ4v) is 3.43. The number of hydrogen-bond donors (Lipinski definition) is 0. The molecule has 23 heavy (non-hydrogen) atoms. The molecule has 1 amide bonds. The first-order chi connectivity index (χ1) is 10.6. The van der Waals surface area contributed by atoms with Gasteiger partial charge in [0.05, 0.1) is 23.3 Å². The van der Waals surface area contributed by atoms with Crippen molar-refractivity contribution in [2.45, 2.75) is 44.7 Å².